The first-order valence-corrected chi connectivity index (χ1v) is 7.46. The minimum atomic E-state index is 0.447. The van der Waals surface area contributed by atoms with Crippen LogP contribution in [0.15, 0.2) is 48.5 Å². The molecule has 20 heavy (non-hydrogen) atoms. The molecule has 0 amide bonds. The summed E-state index contributed by atoms with van der Waals surface area (Å²) in [5, 5.41) is 3.51. The fourth-order valence-electron chi connectivity index (χ4n) is 2.61. The summed E-state index contributed by atoms with van der Waals surface area (Å²) in [6.45, 7) is 2.57. The van der Waals surface area contributed by atoms with Crippen LogP contribution in [-0.2, 0) is 12.4 Å². The highest BCUT2D eigenvalue weighted by Crippen LogP contribution is 2.32. The first-order chi connectivity index (χ1) is 9.86. The minimum absolute atomic E-state index is 0.447. The van der Waals surface area contributed by atoms with Gasteiger partial charge in [-0.1, -0.05) is 42.5 Å². The van der Waals surface area contributed by atoms with Gasteiger partial charge in [0.25, 0.3) is 0 Å². The molecule has 1 aliphatic heterocycles. The molecule has 2 aromatic carbocycles. The van der Waals surface area contributed by atoms with Crippen molar-refractivity contribution in [3.8, 4) is 5.75 Å². The summed E-state index contributed by atoms with van der Waals surface area (Å²) in [4.78, 5) is 0. The molecule has 3 rings (SSSR count). The maximum Gasteiger partial charge on any atom is 0.122 e. The smallest absolute Gasteiger partial charge is 0.122 e. The number of halogens is 1. The van der Waals surface area contributed by atoms with E-state index in [-0.39, 0.29) is 0 Å². The molecule has 1 unspecified atom stereocenters. The molecular formula is C17H18ClNO. The summed E-state index contributed by atoms with van der Waals surface area (Å²) in [6.07, 6.45) is 0. The van der Waals surface area contributed by atoms with Crippen LogP contribution in [-0.4, -0.2) is 13.2 Å². The molecule has 0 spiro atoms. The molecular weight excluding hydrogens is 270 g/mol. The van der Waals surface area contributed by atoms with Gasteiger partial charge in [-0.25, -0.2) is 0 Å². The van der Waals surface area contributed by atoms with Gasteiger partial charge in [-0.2, -0.15) is 0 Å². The van der Waals surface area contributed by atoms with Gasteiger partial charge in [0.2, 0.25) is 0 Å². The molecule has 0 bridgehead atoms. The number of fused-ring (bicyclic) bond motifs is 1. The monoisotopic (exact) mass is 287 g/mol. The Hall–Kier alpha value is -1.51. The molecule has 104 valence electrons. The van der Waals surface area contributed by atoms with Crippen LogP contribution in [0.25, 0.3) is 0 Å². The predicted molar refractivity (Wildman–Crippen MR) is 82.4 cm³/mol. The van der Waals surface area contributed by atoms with E-state index in [9.17, 15) is 0 Å². The Balaban J connectivity index is 1.56. The van der Waals surface area contributed by atoms with Crippen molar-refractivity contribution in [3.63, 3.8) is 0 Å². The maximum absolute atomic E-state index is 5.86. The Kier molecular flexibility index (Phi) is 4.24. The molecule has 1 atom stereocenters. The van der Waals surface area contributed by atoms with Crippen LogP contribution in [0.4, 0.5) is 0 Å². The van der Waals surface area contributed by atoms with E-state index in [2.05, 4.69) is 41.7 Å². The highest BCUT2D eigenvalue weighted by Gasteiger charge is 2.22. The summed E-state index contributed by atoms with van der Waals surface area (Å²) in [5.74, 6) is 2.04. The van der Waals surface area contributed by atoms with Crippen LogP contribution >= 0.6 is 11.6 Å². The van der Waals surface area contributed by atoms with Crippen LogP contribution in [0.1, 0.15) is 22.6 Å². The Bertz CT molecular complexity index is 585. The molecule has 1 heterocycles. The predicted octanol–water partition coefficient (Wildman–Crippen LogP) is 3.69. The summed E-state index contributed by atoms with van der Waals surface area (Å²) >= 11 is 5.86. The molecule has 0 aromatic heterocycles. The van der Waals surface area contributed by atoms with Crippen LogP contribution in [0.5, 0.6) is 5.75 Å². The summed E-state index contributed by atoms with van der Waals surface area (Å²) < 4.78 is 5.69. The van der Waals surface area contributed by atoms with Gasteiger partial charge in [0.15, 0.2) is 0 Å². The van der Waals surface area contributed by atoms with E-state index in [1.54, 1.807) is 0 Å². The Labute approximate surface area is 124 Å². The second-order valence-corrected chi connectivity index (χ2v) is 5.40. The second kappa shape index (κ2) is 6.29. The highest BCUT2D eigenvalue weighted by molar-refractivity contribution is 6.17. The lowest BCUT2D eigenvalue weighted by molar-refractivity contribution is 0.326. The van der Waals surface area contributed by atoms with Crippen LogP contribution in [0.2, 0.25) is 0 Å². The van der Waals surface area contributed by atoms with E-state index in [1.165, 1.54) is 16.7 Å². The third-order valence-corrected chi connectivity index (χ3v) is 3.97. The SMILES string of the molecule is ClCc1cccc(CNCC2COc3ccccc32)c1. The lowest BCUT2D eigenvalue weighted by Gasteiger charge is -2.11. The number of hydrogen-bond donors (Lipinski definition) is 1. The van der Waals surface area contributed by atoms with Gasteiger partial charge in [0, 0.05) is 30.5 Å². The first kappa shape index (κ1) is 13.5. The van der Waals surface area contributed by atoms with Crippen molar-refractivity contribution in [3.05, 3.63) is 65.2 Å². The fourth-order valence-corrected chi connectivity index (χ4v) is 2.78. The number of ether oxygens (including phenoxy) is 1. The summed E-state index contributed by atoms with van der Waals surface area (Å²) in [6, 6.07) is 16.7. The fraction of sp³-hybridized carbons (Fsp3) is 0.294. The van der Waals surface area contributed by atoms with Crippen LogP contribution in [0.3, 0.4) is 0 Å². The quantitative estimate of drug-likeness (QED) is 0.847. The van der Waals surface area contributed by atoms with E-state index < -0.39 is 0 Å². The molecule has 0 saturated heterocycles. The lowest BCUT2D eigenvalue weighted by Crippen LogP contribution is -2.22. The van der Waals surface area contributed by atoms with Crippen LogP contribution in [0, 0.1) is 0 Å². The zero-order valence-electron chi connectivity index (χ0n) is 11.3. The largest absolute Gasteiger partial charge is 0.493 e. The normalized spacial score (nSPS) is 16.8. The third kappa shape index (κ3) is 2.97. The molecule has 0 aliphatic carbocycles. The van der Waals surface area contributed by atoms with Gasteiger partial charge >= 0.3 is 0 Å². The van der Waals surface area contributed by atoms with Crippen molar-refractivity contribution in [1.82, 2.24) is 5.32 Å². The zero-order chi connectivity index (χ0) is 13.8. The molecule has 0 radical (unpaired) electrons. The van der Waals surface area contributed by atoms with Gasteiger partial charge in [0.1, 0.15) is 5.75 Å². The van der Waals surface area contributed by atoms with Gasteiger partial charge in [-0.15, -0.1) is 11.6 Å². The van der Waals surface area contributed by atoms with Gasteiger partial charge in [0.05, 0.1) is 6.61 Å². The topological polar surface area (TPSA) is 21.3 Å². The van der Waals surface area contributed by atoms with Crippen molar-refractivity contribution in [1.29, 1.82) is 0 Å². The molecule has 0 fully saturated rings. The summed E-state index contributed by atoms with van der Waals surface area (Å²) in [5.41, 5.74) is 3.75. The van der Waals surface area contributed by atoms with E-state index in [1.807, 2.05) is 12.1 Å². The standard InChI is InChI=1S/C17H18ClNO/c18-9-13-4-3-5-14(8-13)10-19-11-15-12-20-17-7-2-1-6-16(15)17/h1-8,15,19H,9-12H2. The van der Waals surface area contributed by atoms with Crippen molar-refractivity contribution in [2.45, 2.75) is 18.3 Å². The number of benzene rings is 2. The van der Waals surface area contributed by atoms with Crippen molar-refractivity contribution in [2.24, 2.45) is 0 Å². The van der Waals surface area contributed by atoms with E-state index in [0.29, 0.717) is 11.8 Å². The second-order valence-electron chi connectivity index (χ2n) is 5.13. The van der Waals surface area contributed by atoms with Gasteiger partial charge in [-0.05, 0) is 17.2 Å². The van der Waals surface area contributed by atoms with E-state index in [0.717, 1.165) is 25.4 Å². The number of alkyl halides is 1. The maximum atomic E-state index is 5.86. The number of hydrogen-bond acceptors (Lipinski definition) is 2. The van der Waals surface area contributed by atoms with Gasteiger partial charge in [-0.3, -0.25) is 0 Å². The number of nitrogens with one attached hydrogen (secondary N) is 1. The molecule has 1 N–H and O–H groups in total. The van der Waals surface area contributed by atoms with Gasteiger partial charge < -0.3 is 10.1 Å². The number of para-hydroxylation sites is 1. The Morgan fingerprint density at radius 2 is 1.95 bits per heavy atom. The Morgan fingerprint density at radius 1 is 1.10 bits per heavy atom. The lowest BCUT2D eigenvalue weighted by atomic mass is 10.0. The minimum Gasteiger partial charge on any atom is -0.493 e. The zero-order valence-corrected chi connectivity index (χ0v) is 12.1. The Morgan fingerprint density at radius 3 is 2.85 bits per heavy atom. The molecule has 1 aliphatic rings. The van der Waals surface area contributed by atoms with E-state index in [4.69, 9.17) is 16.3 Å². The molecule has 2 nitrogen and oxygen atoms in total. The van der Waals surface area contributed by atoms with Crippen molar-refractivity contribution in [2.75, 3.05) is 13.2 Å². The van der Waals surface area contributed by atoms with Crippen LogP contribution < -0.4 is 10.1 Å². The highest BCUT2D eigenvalue weighted by atomic mass is 35.5. The average molecular weight is 288 g/mol. The van der Waals surface area contributed by atoms with E-state index >= 15 is 0 Å². The third-order valence-electron chi connectivity index (χ3n) is 3.66. The molecule has 0 saturated carbocycles. The van der Waals surface area contributed by atoms with Crippen molar-refractivity contribution < 1.29 is 4.74 Å². The first-order valence-electron chi connectivity index (χ1n) is 6.93. The van der Waals surface area contributed by atoms with Crippen molar-refractivity contribution >= 4 is 11.6 Å². The molecule has 2 aromatic rings. The average Bonchev–Trinajstić information content (AvgIpc) is 2.91. The number of rotatable bonds is 5. The molecule has 3 heteroatoms. The summed E-state index contributed by atoms with van der Waals surface area (Å²) in [7, 11) is 0.